The summed E-state index contributed by atoms with van der Waals surface area (Å²) >= 11 is 0. The van der Waals surface area contributed by atoms with Gasteiger partial charge in [-0.1, -0.05) is 129 Å². The molecule has 2 N–H and O–H groups in total. The Morgan fingerprint density at radius 3 is 1.53 bits per heavy atom. The average Bonchev–Trinajstić information content (AvgIpc) is 3.02. The summed E-state index contributed by atoms with van der Waals surface area (Å²) in [6.45, 7) is 5.82. The lowest BCUT2D eigenvalue weighted by molar-refractivity contribution is 0.0483. The van der Waals surface area contributed by atoms with E-state index in [9.17, 15) is 9.90 Å². The fraction of sp³-hybridized carbons (Fsp3) is 0.811. The second-order valence-electron chi connectivity index (χ2n) is 12.2. The number of benzene rings is 1. The molecule has 1 aromatic rings. The zero-order valence-corrected chi connectivity index (χ0v) is 27.9. The Morgan fingerprint density at radius 2 is 1.05 bits per heavy atom. The summed E-state index contributed by atoms with van der Waals surface area (Å²) < 4.78 is 17.7. The lowest BCUT2D eigenvalue weighted by Crippen LogP contribution is -2.12. The molecular formula is C37H66O6. The quantitative estimate of drug-likeness (QED) is 0.0646. The molecule has 0 heterocycles. The number of ether oxygens (including phenoxy) is 3. The van der Waals surface area contributed by atoms with Crippen LogP contribution in [0.5, 0.6) is 11.5 Å². The standard InChI is InChI=1S/C37H66O6/c1-3-5-7-9-11-13-15-17-19-22-28-41-35-27-26-33(37(40)43-30-24-21-25-34(39)32-38)31-36(35)42-29-23-20-18-16-14-12-10-8-6-4-2/h26-27,31,34,38-39H,3-25,28-30,32H2,1-2H3. The van der Waals surface area contributed by atoms with Crippen LogP contribution < -0.4 is 9.47 Å². The van der Waals surface area contributed by atoms with Crippen LogP contribution in [0.3, 0.4) is 0 Å². The Balaban J connectivity index is 2.45. The number of hydrogen-bond donors (Lipinski definition) is 2. The number of esters is 1. The molecule has 250 valence electrons. The van der Waals surface area contributed by atoms with Gasteiger partial charge >= 0.3 is 5.97 Å². The fourth-order valence-corrected chi connectivity index (χ4v) is 5.23. The molecule has 0 aliphatic heterocycles. The SMILES string of the molecule is CCCCCCCCCCCCOc1ccc(C(=O)OCCCCC(O)CO)cc1OCCCCCCCCCCCC. The normalized spacial score (nSPS) is 11.9. The minimum Gasteiger partial charge on any atom is -0.490 e. The molecule has 0 fully saturated rings. The third kappa shape index (κ3) is 22.4. The highest BCUT2D eigenvalue weighted by atomic mass is 16.5. The van der Waals surface area contributed by atoms with E-state index in [4.69, 9.17) is 19.3 Å². The van der Waals surface area contributed by atoms with Crippen molar-refractivity contribution >= 4 is 5.97 Å². The Bertz CT molecular complexity index is 767. The Morgan fingerprint density at radius 1 is 0.605 bits per heavy atom. The third-order valence-electron chi connectivity index (χ3n) is 8.07. The molecular weight excluding hydrogens is 540 g/mol. The molecule has 0 saturated heterocycles. The minimum absolute atomic E-state index is 0.241. The summed E-state index contributed by atoms with van der Waals surface area (Å²) in [5.41, 5.74) is 0.458. The highest BCUT2D eigenvalue weighted by molar-refractivity contribution is 5.90. The molecule has 0 aliphatic carbocycles. The summed E-state index contributed by atoms with van der Waals surface area (Å²) in [5.74, 6) is 0.925. The number of carbonyl (C=O) groups excluding carboxylic acids is 1. The van der Waals surface area contributed by atoms with Crippen molar-refractivity contribution in [3.8, 4) is 11.5 Å². The van der Waals surface area contributed by atoms with Gasteiger partial charge in [-0.2, -0.15) is 0 Å². The molecule has 0 aliphatic rings. The van der Waals surface area contributed by atoms with Crippen molar-refractivity contribution in [2.45, 2.75) is 168 Å². The largest absolute Gasteiger partial charge is 0.490 e. The van der Waals surface area contributed by atoms with Gasteiger partial charge in [0.15, 0.2) is 11.5 Å². The molecule has 0 radical (unpaired) electrons. The fourth-order valence-electron chi connectivity index (χ4n) is 5.23. The maximum absolute atomic E-state index is 12.7. The van der Waals surface area contributed by atoms with Crippen LogP contribution in [-0.2, 0) is 4.74 Å². The van der Waals surface area contributed by atoms with E-state index in [0.29, 0.717) is 49.5 Å². The molecule has 6 heteroatoms. The van der Waals surface area contributed by atoms with Crippen LogP contribution in [0.25, 0.3) is 0 Å². The van der Waals surface area contributed by atoms with Crippen molar-refractivity contribution in [2.75, 3.05) is 26.4 Å². The summed E-state index contributed by atoms with van der Waals surface area (Å²) in [5, 5.41) is 18.4. The van der Waals surface area contributed by atoms with Crippen molar-refractivity contribution in [1.29, 1.82) is 0 Å². The maximum Gasteiger partial charge on any atom is 0.338 e. The first-order valence-corrected chi connectivity index (χ1v) is 18.0. The van der Waals surface area contributed by atoms with Gasteiger partial charge in [-0.05, 0) is 50.3 Å². The van der Waals surface area contributed by atoms with E-state index in [-0.39, 0.29) is 19.2 Å². The molecule has 0 saturated carbocycles. The first kappa shape index (κ1) is 39.2. The molecule has 0 amide bonds. The molecule has 0 spiro atoms. The predicted octanol–water partition coefficient (Wildman–Crippen LogP) is 9.97. The van der Waals surface area contributed by atoms with Gasteiger partial charge in [-0.25, -0.2) is 4.79 Å². The van der Waals surface area contributed by atoms with E-state index in [0.717, 1.165) is 19.3 Å². The highest BCUT2D eigenvalue weighted by Gasteiger charge is 2.14. The minimum atomic E-state index is -0.709. The second-order valence-corrected chi connectivity index (χ2v) is 12.2. The molecule has 6 nitrogen and oxygen atoms in total. The van der Waals surface area contributed by atoms with Crippen molar-refractivity contribution in [2.24, 2.45) is 0 Å². The number of hydrogen-bond acceptors (Lipinski definition) is 6. The van der Waals surface area contributed by atoms with E-state index >= 15 is 0 Å². The Kier molecular flexibility index (Phi) is 26.4. The first-order valence-electron chi connectivity index (χ1n) is 18.0. The average molecular weight is 607 g/mol. The van der Waals surface area contributed by atoms with E-state index in [1.165, 1.54) is 109 Å². The van der Waals surface area contributed by atoms with E-state index in [2.05, 4.69) is 13.8 Å². The summed E-state index contributed by atoms with van der Waals surface area (Å²) in [6, 6.07) is 5.33. The van der Waals surface area contributed by atoms with Gasteiger partial charge in [0.05, 0.1) is 38.1 Å². The molecule has 1 atom stereocenters. The van der Waals surface area contributed by atoms with Gasteiger partial charge in [0, 0.05) is 0 Å². The number of aliphatic hydroxyl groups is 2. The van der Waals surface area contributed by atoms with Gasteiger partial charge in [0.25, 0.3) is 0 Å². The summed E-state index contributed by atoms with van der Waals surface area (Å²) in [4.78, 5) is 12.7. The Hall–Kier alpha value is -1.79. The number of carbonyl (C=O) groups is 1. The highest BCUT2D eigenvalue weighted by Crippen LogP contribution is 2.30. The monoisotopic (exact) mass is 606 g/mol. The molecule has 43 heavy (non-hydrogen) atoms. The van der Waals surface area contributed by atoms with Crippen molar-refractivity contribution in [1.82, 2.24) is 0 Å². The second kappa shape index (κ2) is 29.0. The van der Waals surface area contributed by atoms with E-state index in [1.54, 1.807) is 12.1 Å². The van der Waals surface area contributed by atoms with Gasteiger partial charge in [-0.3, -0.25) is 0 Å². The van der Waals surface area contributed by atoms with Crippen LogP contribution in [0.2, 0.25) is 0 Å². The molecule has 1 unspecified atom stereocenters. The molecule has 1 rings (SSSR count). The summed E-state index contributed by atoms with van der Waals surface area (Å²) in [6.07, 6.45) is 26.7. The number of aliphatic hydroxyl groups excluding tert-OH is 2. The van der Waals surface area contributed by atoms with E-state index < -0.39 is 6.10 Å². The Labute approximate surface area is 264 Å². The zero-order chi connectivity index (χ0) is 31.2. The van der Waals surface area contributed by atoms with E-state index in [1.807, 2.05) is 6.07 Å². The summed E-state index contributed by atoms with van der Waals surface area (Å²) in [7, 11) is 0. The lowest BCUT2D eigenvalue weighted by atomic mass is 10.1. The van der Waals surface area contributed by atoms with Crippen LogP contribution in [0.15, 0.2) is 18.2 Å². The molecule has 0 aromatic heterocycles. The van der Waals surface area contributed by atoms with Gasteiger partial charge in [0.1, 0.15) is 0 Å². The predicted molar refractivity (Wildman–Crippen MR) is 178 cm³/mol. The van der Waals surface area contributed by atoms with Crippen molar-refractivity contribution < 1.29 is 29.2 Å². The molecule has 0 bridgehead atoms. The van der Waals surface area contributed by atoms with Crippen molar-refractivity contribution in [3.63, 3.8) is 0 Å². The van der Waals surface area contributed by atoms with Crippen LogP contribution in [0.1, 0.15) is 172 Å². The smallest absolute Gasteiger partial charge is 0.338 e. The zero-order valence-electron chi connectivity index (χ0n) is 27.9. The maximum atomic E-state index is 12.7. The number of unbranched alkanes of at least 4 members (excludes halogenated alkanes) is 19. The first-order chi connectivity index (χ1) is 21.1. The molecule has 1 aromatic carbocycles. The van der Waals surface area contributed by atoms with Crippen molar-refractivity contribution in [3.05, 3.63) is 23.8 Å². The van der Waals surface area contributed by atoms with Crippen LogP contribution in [-0.4, -0.2) is 48.7 Å². The van der Waals surface area contributed by atoms with Crippen LogP contribution in [0, 0.1) is 0 Å². The topological polar surface area (TPSA) is 85.2 Å². The van der Waals surface area contributed by atoms with Gasteiger partial charge in [0.2, 0.25) is 0 Å². The number of rotatable bonds is 31. The third-order valence-corrected chi connectivity index (χ3v) is 8.07. The van der Waals surface area contributed by atoms with Crippen LogP contribution >= 0.6 is 0 Å². The lowest BCUT2D eigenvalue weighted by Gasteiger charge is -2.14. The van der Waals surface area contributed by atoms with Gasteiger partial charge in [-0.15, -0.1) is 0 Å². The van der Waals surface area contributed by atoms with Gasteiger partial charge < -0.3 is 24.4 Å². The van der Waals surface area contributed by atoms with Crippen LogP contribution in [0.4, 0.5) is 0 Å².